The van der Waals surface area contributed by atoms with Crippen molar-refractivity contribution in [1.82, 2.24) is 10.9 Å². The predicted molar refractivity (Wildman–Crippen MR) is 57.6 cm³/mol. The van der Waals surface area contributed by atoms with E-state index in [1.807, 2.05) is 13.8 Å². The lowest BCUT2D eigenvalue weighted by Gasteiger charge is -2.22. The molecule has 14 heavy (non-hydrogen) atoms. The molecule has 0 saturated carbocycles. The average molecular weight is 198 g/mol. The molecular formula is C11H22N2O. The Labute approximate surface area is 86.6 Å². The van der Waals surface area contributed by atoms with E-state index < -0.39 is 0 Å². The van der Waals surface area contributed by atoms with E-state index in [2.05, 4.69) is 17.8 Å². The zero-order chi connectivity index (χ0) is 10.6. The Hall–Kier alpha value is -0.570. The van der Waals surface area contributed by atoms with E-state index in [1.165, 1.54) is 25.7 Å². The molecule has 0 aromatic carbocycles. The molecule has 1 heterocycles. The largest absolute Gasteiger partial charge is 0.291 e. The van der Waals surface area contributed by atoms with Crippen molar-refractivity contribution in [3.63, 3.8) is 0 Å². The number of hydrogen-bond donors (Lipinski definition) is 2. The molecule has 2 N–H and O–H groups in total. The summed E-state index contributed by atoms with van der Waals surface area (Å²) in [6, 6.07) is 0.298. The van der Waals surface area contributed by atoms with Crippen LogP contribution in [-0.2, 0) is 4.79 Å². The van der Waals surface area contributed by atoms with Crippen LogP contribution in [0.1, 0.15) is 52.9 Å². The lowest BCUT2D eigenvalue weighted by Crippen LogP contribution is -2.34. The van der Waals surface area contributed by atoms with Crippen molar-refractivity contribution in [1.29, 1.82) is 0 Å². The molecular weight excluding hydrogens is 176 g/mol. The van der Waals surface area contributed by atoms with Crippen molar-refractivity contribution < 1.29 is 4.79 Å². The molecule has 0 radical (unpaired) electrons. The maximum atomic E-state index is 11.4. The van der Waals surface area contributed by atoms with Gasteiger partial charge in [-0.15, -0.1) is 0 Å². The third-order valence-electron chi connectivity index (χ3n) is 3.16. The molecule has 0 aromatic heterocycles. The van der Waals surface area contributed by atoms with Crippen LogP contribution in [0.3, 0.4) is 0 Å². The first-order valence-electron chi connectivity index (χ1n) is 5.65. The number of hydrogen-bond acceptors (Lipinski definition) is 2. The number of rotatable bonds is 5. The highest BCUT2D eigenvalue weighted by Gasteiger charge is 2.41. The van der Waals surface area contributed by atoms with Gasteiger partial charge in [-0.3, -0.25) is 10.2 Å². The summed E-state index contributed by atoms with van der Waals surface area (Å²) in [5.41, 5.74) is 5.54. The van der Waals surface area contributed by atoms with E-state index in [0.717, 1.165) is 6.42 Å². The normalized spacial score (nSPS) is 25.1. The summed E-state index contributed by atoms with van der Waals surface area (Å²) in [5.74, 6) is 0.123. The predicted octanol–water partition coefficient (Wildman–Crippen LogP) is 1.99. The third kappa shape index (κ3) is 2.47. The smallest absolute Gasteiger partial charge is 0.241 e. The fraction of sp³-hybridized carbons (Fsp3) is 0.909. The number of hydrazine groups is 1. The van der Waals surface area contributed by atoms with E-state index in [9.17, 15) is 4.79 Å². The number of unbranched alkanes of at least 4 members (excludes halogenated alkanes) is 3. The number of nitrogens with one attached hydrogen (secondary N) is 2. The Morgan fingerprint density at radius 1 is 1.29 bits per heavy atom. The van der Waals surface area contributed by atoms with E-state index in [1.54, 1.807) is 0 Å². The second-order valence-electron chi connectivity index (χ2n) is 4.72. The molecule has 0 aromatic rings. The zero-order valence-corrected chi connectivity index (χ0v) is 9.52. The van der Waals surface area contributed by atoms with Gasteiger partial charge in [0.15, 0.2) is 0 Å². The van der Waals surface area contributed by atoms with Crippen LogP contribution >= 0.6 is 0 Å². The molecule has 1 aliphatic heterocycles. The highest BCUT2D eigenvalue weighted by Crippen LogP contribution is 2.27. The van der Waals surface area contributed by atoms with Gasteiger partial charge in [0.2, 0.25) is 5.91 Å². The molecule has 0 spiro atoms. The summed E-state index contributed by atoms with van der Waals surface area (Å²) in [7, 11) is 0. The minimum atomic E-state index is -0.244. The molecule has 1 aliphatic rings. The molecule has 82 valence electrons. The highest BCUT2D eigenvalue weighted by molar-refractivity contribution is 5.84. The van der Waals surface area contributed by atoms with Crippen LogP contribution < -0.4 is 10.9 Å². The van der Waals surface area contributed by atoms with Gasteiger partial charge in [-0.05, 0) is 20.3 Å². The van der Waals surface area contributed by atoms with E-state index in [0.29, 0.717) is 6.04 Å². The monoisotopic (exact) mass is 198 g/mol. The van der Waals surface area contributed by atoms with Crippen LogP contribution in [0.2, 0.25) is 0 Å². The maximum Gasteiger partial charge on any atom is 0.241 e. The van der Waals surface area contributed by atoms with Crippen molar-refractivity contribution in [2.24, 2.45) is 5.41 Å². The van der Waals surface area contributed by atoms with Crippen LogP contribution in [0.5, 0.6) is 0 Å². The van der Waals surface area contributed by atoms with Crippen molar-refractivity contribution in [2.45, 2.75) is 58.9 Å². The van der Waals surface area contributed by atoms with Gasteiger partial charge in [0.05, 0.1) is 5.41 Å². The summed E-state index contributed by atoms with van der Waals surface area (Å²) in [6.45, 7) is 6.22. The number of carbonyl (C=O) groups excluding carboxylic acids is 1. The van der Waals surface area contributed by atoms with E-state index >= 15 is 0 Å². The minimum Gasteiger partial charge on any atom is -0.291 e. The Balaban J connectivity index is 2.28. The fourth-order valence-corrected chi connectivity index (χ4v) is 1.86. The highest BCUT2D eigenvalue weighted by atomic mass is 16.2. The van der Waals surface area contributed by atoms with Crippen LogP contribution in [-0.4, -0.2) is 11.9 Å². The van der Waals surface area contributed by atoms with Gasteiger partial charge in [-0.2, -0.15) is 0 Å². The Morgan fingerprint density at radius 2 is 2.00 bits per heavy atom. The van der Waals surface area contributed by atoms with Crippen molar-refractivity contribution in [2.75, 3.05) is 0 Å². The standard InChI is InChI=1S/C11H22N2O/c1-4-5-6-7-8-9-11(2,3)10(14)13-12-9/h9,12H,4-8H2,1-3H3,(H,13,14)/t9-/m1/s1. The molecule has 1 atom stereocenters. The summed E-state index contributed by atoms with van der Waals surface area (Å²) >= 11 is 0. The van der Waals surface area contributed by atoms with E-state index in [-0.39, 0.29) is 11.3 Å². The fourth-order valence-electron chi connectivity index (χ4n) is 1.86. The first-order valence-corrected chi connectivity index (χ1v) is 5.65. The summed E-state index contributed by atoms with van der Waals surface area (Å²) in [6.07, 6.45) is 6.14. The first kappa shape index (κ1) is 11.5. The topological polar surface area (TPSA) is 41.1 Å². The molecule has 1 rings (SSSR count). The van der Waals surface area contributed by atoms with Crippen molar-refractivity contribution in [3.8, 4) is 0 Å². The molecule has 0 aliphatic carbocycles. The van der Waals surface area contributed by atoms with Gasteiger partial charge in [-0.1, -0.05) is 32.6 Å². The number of amides is 1. The van der Waals surface area contributed by atoms with Crippen molar-refractivity contribution in [3.05, 3.63) is 0 Å². The maximum absolute atomic E-state index is 11.4. The van der Waals surface area contributed by atoms with E-state index in [4.69, 9.17) is 0 Å². The van der Waals surface area contributed by atoms with Crippen LogP contribution in [0.15, 0.2) is 0 Å². The Kier molecular flexibility index (Phi) is 3.93. The summed E-state index contributed by atoms with van der Waals surface area (Å²) in [5, 5.41) is 0. The van der Waals surface area contributed by atoms with Crippen molar-refractivity contribution >= 4 is 5.91 Å². The van der Waals surface area contributed by atoms with Gasteiger partial charge < -0.3 is 0 Å². The average Bonchev–Trinajstić information content (AvgIpc) is 2.38. The van der Waals surface area contributed by atoms with Gasteiger partial charge in [0.1, 0.15) is 0 Å². The summed E-state index contributed by atoms with van der Waals surface area (Å²) in [4.78, 5) is 11.4. The second kappa shape index (κ2) is 4.78. The van der Waals surface area contributed by atoms with Gasteiger partial charge in [-0.25, -0.2) is 5.43 Å². The SMILES string of the molecule is CCCCCC[C@H]1NNC(=O)C1(C)C. The van der Waals surface area contributed by atoms with Crippen LogP contribution in [0.25, 0.3) is 0 Å². The van der Waals surface area contributed by atoms with Crippen LogP contribution in [0, 0.1) is 5.41 Å². The molecule has 1 saturated heterocycles. The molecule has 3 heteroatoms. The minimum absolute atomic E-state index is 0.123. The Bertz CT molecular complexity index is 201. The zero-order valence-electron chi connectivity index (χ0n) is 9.52. The molecule has 0 unspecified atom stereocenters. The molecule has 1 fully saturated rings. The quantitative estimate of drug-likeness (QED) is 0.663. The second-order valence-corrected chi connectivity index (χ2v) is 4.72. The Morgan fingerprint density at radius 3 is 2.50 bits per heavy atom. The third-order valence-corrected chi connectivity index (χ3v) is 3.16. The summed E-state index contributed by atoms with van der Waals surface area (Å²) < 4.78 is 0. The molecule has 1 amide bonds. The lowest BCUT2D eigenvalue weighted by atomic mass is 9.83. The lowest BCUT2D eigenvalue weighted by molar-refractivity contribution is -0.126. The first-order chi connectivity index (χ1) is 6.59. The van der Waals surface area contributed by atoms with Gasteiger partial charge in [0, 0.05) is 6.04 Å². The van der Waals surface area contributed by atoms with Gasteiger partial charge >= 0.3 is 0 Å². The van der Waals surface area contributed by atoms with Gasteiger partial charge in [0.25, 0.3) is 0 Å². The molecule has 3 nitrogen and oxygen atoms in total. The molecule has 0 bridgehead atoms. The van der Waals surface area contributed by atoms with Crippen LogP contribution in [0.4, 0.5) is 0 Å². The number of carbonyl (C=O) groups is 1.